The average Bonchev–Trinajstić information content (AvgIpc) is 2.58. The third kappa shape index (κ3) is 5.20. The fraction of sp³-hybridized carbons (Fsp3) is 0.273. The second-order valence-electron chi connectivity index (χ2n) is 6.98. The van der Waals surface area contributed by atoms with Crippen LogP contribution in [0.4, 0.5) is 23.1 Å². The van der Waals surface area contributed by atoms with Gasteiger partial charge in [0.25, 0.3) is 0 Å². The minimum atomic E-state index is 0.159. The first kappa shape index (κ1) is 18.7. The molecule has 0 amide bonds. The topological polar surface area (TPSA) is 59.1 Å². The lowest BCUT2D eigenvalue weighted by molar-refractivity contribution is 0.242. The van der Waals surface area contributed by atoms with E-state index in [0.29, 0.717) is 5.95 Å². The molecule has 0 spiro atoms. The van der Waals surface area contributed by atoms with Crippen LogP contribution in [-0.2, 0) is 0 Å². The maximum Gasteiger partial charge on any atom is 0.229 e. The van der Waals surface area contributed by atoms with Crippen LogP contribution in [0.25, 0.3) is 0 Å². The summed E-state index contributed by atoms with van der Waals surface area (Å²) in [6.07, 6.45) is 0.159. The zero-order chi connectivity index (χ0) is 19.4. The smallest absolute Gasteiger partial charge is 0.229 e. The molecule has 27 heavy (non-hydrogen) atoms. The molecule has 0 unspecified atom stereocenters. The van der Waals surface area contributed by atoms with Gasteiger partial charge in [-0.25, -0.2) is 4.98 Å². The van der Waals surface area contributed by atoms with E-state index in [9.17, 15) is 0 Å². The molecule has 0 aliphatic heterocycles. The van der Waals surface area contributed by atoms with Crippen LogP contribution in [0.15, 0.2) is 48.5 Å². The van der Waals surface area contributed by atoms with Crippen LogP contribution >= 0.6 is 0 Å². The van der Waals surface area contributed by atoms with Crippen molar-refractivity contribution in [1.82, 2.24) is 9.97 Å². The summed E-state index contributed by atoms with van der Waals surface area (Å²) in [6.45, 7) is 10.1. The Labute approximate surface area is 160 Å². The maximum absolute atomic E-state index is 5.68. The molecule has 3 aromatic rings. The van der Waals surface area contributed by atoms with Gasteiger partial charge in [-0.2, -0.15) is 4.98 Å². The summed E-state index contributed by atoms with van der Waals surface area (Å²) in [7, 11) is 0. The molecule has 0 bridgehead atoms. The van der Waals surface area contributed by atoms with E-state index < -0.39 is 0 Å². The molecule has 3 rings (SSSR count). The van der Waals surface area contributed by atoms with Gasteiger partial charge in [-0.05, 0) is 70.5 Å². The first-order chi connectivity index (χ1) is 12.9. The largest absolute Gasteiger partial charge is 0.491 e. The Hall–Kier alpha value is -3.08. The first-order valence-corrected chi connectivity index (χ1v) is 9.13. The van der Waals surface area contributed by atoms with Gasteiger partial charge in [0.05, 0.1) is 6.10 Å². The summed E-state index contributed by atoms with van der Waals surface area (Å²) in [6, 6.07) is 16.0. The van der Waals surface area contributed by atoms with Crippen molar-refractivity contribution in [2.24, 2.45) is 0 Å². The van der Waals surface area contributed by atoms with Crippen molar-refractivity contribution in [2.75, 3.05) is 10.6 Å². The van der Waals surface area contributed by atoms with E-state index in [2.05, 4.69) is 52.6 Å². The lowest BCUT2D eigenvalue weighted by Crippen LogP contribution is -2.05. The minimum Gasteiger partial charge on any atom is -0.491 e. The summed E-state index contributed by atoms with van der Waals surface area (Å²) in [5.41, 5.74) is 5.24. The molecule has 5 nitrogen and oxygen atoms in total. The van der Waals surface area contributed by atoms with Gasteiger partial charge in [0.15, 0.2) is 0 Å². The molecule has 2 aromatic carbocycles. The highest BCUT2D eigenvalue weighted by Crippen LogP contribution is 2.23. The molecule has 2 N–H and O–H groups in total. The Morgan fingerprint density at radius 2 is 1.59 bits per heavy atom. The minimum absolute atomic E-state index is 0.159. The highest BCUT2D eigenvalue weighted by Gasteiger charge is 2.06. The van der Waals surface area contributed by atoms with Gasteiger partial charge in [-0.1, -0.05) is 17.7 Å². The van der Waals surface area contributed by atoms with Gasteiger partial charge in [-0.3, -0.25) is 0 Å². The predicted molar refractivity (Wildman–Crippen MR) is 111 cm³/mol. The lowest BCUT2D eigenvalue weighted by atomic mass is 10.1. The van der Waals surface area contributed by atoms with Gasteiger partial charge in [0.1, 0.15) is 11.6 Å². The number of ether oxygens (including phenoxy) is 1. The Kier molecular flexibility index (Phi) is 5.60. The van der Waals surface area contributed by atoms with Crippen LogP contribution in [-0.4, -0.2) is 16.1 Å². The van der Waals surface area contributed by atoms with E-state index >= 15 is 0 Å². The van der Waals surface area contributed by atoms with Crippen LogP contribution in [0, 0.1) is 20.8 Å². The van der Waals surface area contributed by atoms with Crippen LogP contribution in [0.5, 0.6) is 5.75 Å². The normalized spacial score (nSPS) is 10.7. The quantitative estimate of drug-likeness (QED) is 0.591. The van der Waals surface area contributed by atoms with Gasteiger partial charge < -0.3 is 15.4 Å². The molecular formula is C22H26N4O. The molecular weight excluding hydrogens is 336 g/mol. The van der Waals surface area contributed by atoms with Crippen LogP contribution in [0.3, 0.4) is 0 Å². The SMILES string of the molecule is Cc1ccc(Nc2nc(C)cc(Nc3ccc(OC(C)C)cc3)n2)c(C)c1. The molecule has 140 valence electrons. The summed E-state index contributed by atoms with van der Waals surface area (Å²) < 4.78 is 5.68. The molecule has 0 aliphatic rings. The van der Waals surface area contributed by atoms with Crippen molar-refractivity contribution in [1.29, 1.82) is 0 Å². The fourth-order valence-corrected chi connectivity index (χ4v) is 2.80. The maximum atomic E-state index is 5.68. The molecule has 0 radical (unpaired) electrons. The second-order valence-corrected chi connectivity index (χ2v) is 6.98. The number of anilines is 4. The van der Waals surface area contributed by atoms with Crippen LogP contribution in [0.2, 0.25) is 0 Å². The predicted octanol–water partition coefficient (Wildman–Crippen LogP) is 5.68. The summed E-state index contributed by atoms with van der Waals surface area (Å²) >= 11 is 0. The number of nitrogens with one attached hydrogen (secondary N) is 2. The van der Waals surface area contributed by atoms with Crippen molar-refractivity contribution in [3.63, 3.8) is 0 Å². The Morgan fingerprint density at radius 3 is 2.26 bits per heavy atom. The zero-order valence-corrected chi connectivity index (χ0v) is 16.5. The number of aryl methyl sites for hydroxylation is 3. The van der Waals surface area contributed by atoms with Crippen molar-refractivity contribution >= 4 is 23.1 Å². The summed E-state index contributed by atoms with van der Waals surface area (Å²) in [4.78, 5) is 9.09. The number of hydrogen-bond donors (Lipinski definition) is 2. The van der Waals surface area contributed by atoms with E-state index in [1.54, 1.807) is 0 Å². The highest BCUT2D eigenvalue weighted by atomic mass is 16.5. The fourth-order valence-electron chi connectivity index (χ4n) is 2.80. The van der Waals surface area contributed by atoms with Crippen LogP contribution in [0.1, 0.15) is 30.7 Å². The molecule has 1 aromatic heterocycles. The standard InChI is InChI=1S/C22H26N4O/c1-14(2)27-19-9-7-18(8-10-19)24-21-13-17(5)23-22(26-21)25-20-11-6-15(3)12-16(20)4/h6-14H,1-5H3,(H2,23,24,25,26). The van der Waals surface area contributed by atoms with E-state index in [0.717, 1.165) is 34.2 Å². The molecule has 0 aliphatic carbocycles. The van der Waals surface area contributed by atoms with E-state index in [4.69, 9.17) is 4.74 Å². The second kappa shape index (κ2) is 8.08. The number of aromatic nitrogens is 2. The monoisotopic (exact) mass is 362 g/mol. The Morgan fingerprint density at radius 1 is 0.852 bits per heavy atom. The van der Waals surface area contributed by atoms with Crippen molar-refractivity contribution < 1.29 is 4.74 Å². The van der Waals surface area contributed by atoms with E-state index in [1.165, 1.54) is 5.56 Å². The average molecular weight is 362 g/mol. The molecule has 0 atom stereocenters. The molecule has 5 heteroatoms. The van der Waals surface area contributed by atoms with E-state index in [1.807, 2.05) is 51.1 Å². The van der Waals surface area contributed by atoms with Crippen molar-refractivity contribution in [3.8, 4) is 5.75 Å². The van der Waals surface area contributed by atoms with Gasteiger partial charge in [0, 0.05) is 23.1 Å². The highest BCUT2D eigenvalue weighted by molar-refractivity contribution is 5.62. The summed E-state index contributed by atoms with van der Waals surface area (Å²) in [5, 5.41) is 6.64. The van der Waals surface area contributed by atoms with Crippen LogP contribution < -0.4 is 15.4 Å². The molecule has 0 saturated heterocycles. The van der Waals surface area contributed by atoms with Gasteiger partial charge in [-0.15, -0.1) is 0 Å². The van der Waals surface area contributed by atoms with Gasteiger partial charge in [0.2, 0.25) is 5.95 Å². The number of rotatable bonds is 6. The zero-order valence-electron chi connectivity index (χ0n) is 16.5. The molecule has 0 saturated carbocycles. The Bertz CT molecular complexity index is 920. The molecule has 0 fully saturated rings. The summed E-state index contributed by atoms with van der Waals surface area (Å²) in [5.74, 6) is 2.17. The number of nitrogens with zero attached hydrogens (tertiary/aromatic N) is 2. The molecule has 1 heterocycles. The Balaban J connectivity index is 1.77. The lowest BCUT2D eigenvalue weighted by Gasteiger charge is -2.13. The van der Waals surface area contributed by atoms with Gasteiger partial charge >= 0.3 is 0 Å². The number of benzene rings is 2. The van der Waals surface area contributed by atoms with Crippen molar-refractivity contribution in [3.05, 3.63) is 65.4 Å². The van der Waals surface area contributed by atoms with Crippen molar-refractivity contribution in [2.45, 2.75) is 40.7 Å². The van der Waals surface area contributed by atoms with E-state index in [-0.39, 0.29) is 6.10 Å². The first-order valence-electron chi connectivity index (χ1n) is 9.13. The third-order valence-electron chi connectivity index (χ3n) is 3.98. The number of hydrogen-bond acceptors (Lipinski definition) is 5. The third-order valence-corrected chi connectivity index (χ3v) is 3.98.